The monoisotopic (exact) mass is 464 g/mol. The minimum atomic E-state index is -0.405. The quantitative estimate of drug-likeness (QED) is 0.387. The van der Waals surface area contributed by atoms with Crippen LogP contribution in [0.3, 0.4) is 0 Å². The highest BCUT2D eigenvalue weighted by molar-refractivity contribution is 6.30. The molecule has 0 unspecified atom stereocenters. The summed E-state index contributed by atoms with van der Waals surface area (Å²) in [7, 11) is 1.57. The van der Waals surface area contributed by atoms with Gasteiger partial charge in [0, 0.05) is 49.3 Å². The minimum Gasteiger partial charge on any atom is -0.481 e. The molecule has 0 saturated carbocycles. The zero-order valence-electron chi connectivity index (χ0n) is 18.4. The molecule has 0 atom stereocenters. The first-order chi connectivity index (χ1) is 16.1. The second-order valence-corrected chi connectivity index (χ2v) is 7.65. The maximum atomic E-state index is 12.7. The van der Waals surface area contributed by atoms with Gasteiger partial charge in [-0.05, 0) is 36.2 Å². The molecule has 0 bridgehead atoms. The molecule has 1 amide bonds. The van der Waals surface area contributed by atoms with E-state index in [1.54, 1.807) is 43.8 Å². The van der Waals surface area contributed by atoms with E-state index in [4.69, 9.17) is 16.3 Å². The second-order valence-electron chi connectivity index (χ2n) is 7.21. The number of amides is 1. The number of hydrogen-bond donors (Lipinski definition) is 1. The molecule has 33 heavy (non-hydrogen) atoms. The Labute approximate surface area is 197 Å². The number of hydrogen-bond acceptors (Lipinski definition) is 5. The fourth-order valence-corrected chi connectivity index (χ4v) is 3.34. The zero-order valence-corrected chi connectivity index (χ0v) is 19.1. The van der Waals surface area contributed by atoms with Gasteiger partial charge < -0.3 is 14.6 Å². The summed E-state index contributed by atoms with van der Waals surface area (Å²) in [6.45, 7) is 0.709. The van der Waals surface area contributed by atoms with Crippen molar-refractivity contribution in [2.75, 3.05) is 13.7 Å². The highest BCUT2D eigenvalue weighted by Crippen LogP contribution is 2.11. The number of carbonyl (C=O) groups excluding carboxylic acids is 1. The molecule has 7 nitrogen and oxygen atoms in total. The van der Waals surface area contributed by atoms with Crippen LogP contribution in [0.5, 0.6) is 5.88 Å². The molecule has 0 radical (unpaired) electrons. The van der Waals surface area contributed by atoms with E-state index < -0.39 is 5.91 Å². The number of nitrogens with one attached hydrogen (secondary N) is 1. The van der Waals surface area contributed by atoms with Gasteiger partial charge in [0.1, 0.15) is 11.4 Å². The maximum absolute atomic E-state index is 12.7. The maximum Gasteiger partial charge on any atom is 0.263 e. The summed E-state index contributed by atoms with van der Waals surface area (Å²) >= 11 is 6.01. The van der Waals surface area contributed by atoms with E-state index in [1.165, 1.54) is 10.6 Å². The number of methoxy groups -OCH3 is 1. The zero-order chi connectivity index (χ0) is 23.5. The average Bonchev–Trinajstić information content (AvgIpc) is 2.82. The van der Waals surface area contributed by atoms with E-state index in [0.717, 1.165) is 24.2 Å². The van der Waals surface area contributed by atoms with E-state index in [0.29, 0.717) is 36.8 Å². The first-order valence-corrected chi connectivity index (χ1v) is 11.0. The Kier molecular flexibility index (Phi) is 9.04. The highest BCUT2D eigenvalue weighted by atomic mass is 35.5. The topological polar surface area (TPSA) is 86.1 Å². The van der Waals surface area contributed by atoms with Gasteiger partial charge in [0.15, 0.2) is 0 Å². The molecular weight excluding hydrogens is 440 g/mol. The number of benzene rings is 1. The van der Waals surface area contributed by atoms with Gasteiger partial charge in [-0.1, -0.05) is 23.7 Å². The molecule has 1 N–H and O–H groups in total. The molecular formula is C25H25ClN4O3. The van der Waals surface area contributed by atoms with Gasteiger partial charge in [-0.3, -0.25) is 9.59 Å². The Hall–Kier alpha value is -3.63. The van der Waals surface area contributed by atoms with Gasteiger partial charge in [-0.2, -0.15) is 4.98 Å². The average molecular weight is 465 g/mol. The van der Waals surface area contributed by atoms with Crippen LogP contribution >= 0.6 is 11.6 Å². The number of unbranched alkanes of at least 4 members (excludes halogenated alkanes) is 1. The van der Waals surface area contributed by atoms with Crippen LogP contribution in [0.4, 0.5) is 0 Å². The molecule has 170 valence electrons. The molecule has 0 spiro atoms. The van der Waals surface area contributed by atoms with Crippen LogP contribution in [0.25, 0.3) is 0 Å². The SMILES string of the molecule is COc1ccnc(CCCC#CCCNC(=O)c2cccn(Cc3cccc(Cl)c3)c2=O)n1. The summed E-state index contributed by atoms with van der Waals surface area (Å²) in [5, 5.41) is 3.36. The van der Waals surface area contributed by atoms with Crippen LogP contribution < -0.4 is 15.6 Å². The predicted octanol–water partition coefficient (Wildman–Crippen LogP) is 3.49. The van der Waals surface area contributed by atoms with Crippen molar-refractivity contribution in [2.24, 2.45) is 0 Å². The van der Waals surface area contributed by atoms with Crippen LogP contribution in [-0.4, -0.2) is 34.1 Å². The Bertz CT molecular complexity index is 1210. The van der Waals surface area contributed by atoms with Gasteiger partial charge >= 0.3 is 0 Å². The van der Waals surface area contributed by atoms with E-state index >= 15 is 0 Å². The summed E-state index contributed by atoms with van der Waals surface area (Å²) < 4.78 is 6.58. The van der Waals surface area contributed by atoms with Crippen molar-refractivity contribution in [3.05, 3.63) is 87.2 Å². The molecule has 3 rings (SSSR count). The van der Waals surface area contributed by atoms with Crippen LogP contribution in [0.1, 0.15) is 41.0 Å². The lowest BCUT2D eigenvalue weighted by atomic mass is 10.2. The van der Waals surface area contributed by atoms with Crippen molar-refractivity contribution < 1.29 is 9.53 Å². The van der Waals surface area contributed by atoms with Gasteiger partial charge in [-0.15, -0.1) is 11.8 Å². The first kappa shape index (κ1) is 24.0. The number of nitrogens with zero attached hydrogens (tertiary/aromatic N) is 3. The third-order valence-corrected chi connectivity index (χ3v) is 4.99. The number of aryl methyl sites for hydroxylation is 1. The molecule has 0 aliphatic rings. The van der Waals surface area contributed by atoms with E-state index in [1.807, 2.05) is 12.1 Å². The Morgan fingerprint density at radius 2 is 2.03 bits per heavy atom. The fourth-order valence-electron chi connectivity index (χ4n) is 3.13. The van der Waals surface area contributed by atoms with E-state index in [-0.39, 0.29) is 11.1 Å². The van der Waals surface area contributed by atoms with Gasteiger partial charge in [-0.25, -0.2) is 4.98 Å². The van der Waals surface area contributed by atoms with Crippen LogP contribution in [0, 0.1) is 11.8 Å². The second kappa shape index (κ2) is 12.4. The third-order valence-electron chi connectivity index (χ3n) is 4.76. The Balaban J connectivity index is 1.43. The molecule has 0 fully saturated rings. The lowest BCUT2D eigenvalue weighted by Gasteiger charge is -2.09. The number of ether oxygens (including phenoxy) is 1. The predicted molar refractivity (Wildman–Crippen MR) is 128 cm³/mol. The largest absolute Gasteiger partial charge is 0.481 e. The standard InChI is InChI=1S/C25H25ClN4O3/c1-33-23-13-15-27-22(29-23)12-5-3-2-4-6-14-28-24(31)21-11-8-16-30(25(21)32)18-19-9-7-10-20(26)17-19/h7-11,13,15-17H,3,5-6,12,14,18H2,1H3,(H,28,31). The number of pyridine rings is 1. The first-order valence-electron chi connectivity index (χ1n) is 10.6. The molecule has 2 aromatic heterocycles. The summed E-state index contributed by atoms with van der Waals surface area (Å²) in [6.07, 6.45) is 6.10. The lowest BCUT2D eigenvalue weighted by Crippen LogP contribution is -2.33. The Morgan fingerprint density at radius 1 is 1.18 bits per heavy atom. The van der Waals surface area contributed by atoms with Gasteiger partial charge in [0.05, 0.1) is 13.7 Å². The molecule has 1 aromatic carbocycles. The number of carbonyl (C=O) groups is 1. The third kappa shape index (κ3) is 7.48. The smallest absolute Gasteiger partial charge is 0.263 e. The van der Waals surface area contributed by atoms with E-state index in [9.17, 15) is 9.59 Å². The van der Waals surface area contributed by atoms with Crippen molar-refractivity contribution in [1.82, 2.24) is 19.9 Å². The van der Waals surface area contributed by atoms with Crippen molar-refractivity contribution >= 4 is 17.5 Å². The van der Waals surface area contributed by atoms with E-state index in [2.05, 4.69) is 27.1 Å². The van der Waals surface area contributed by atoms with Crippen molar-refractivity contribution in [1.29, 1.82) is 0 Å². The van der Waals surface area contributed by atoms with Crippen LogP contribution in [0.2, 0.25) is 5.02 Å². The van der Waals surface area contributed by atoms with Gasteiger partial charge in [0.2, 0.25) is 5.88 Å². The Morgan fingerprint density at radius 3 is 2.85 bits per heavy atom. The minimum absolute atomic E-state index is 0.103. The number of halogens is 1. The fraction of sp³-hybridized carbons (Fsp3) is 0.280. The molecule has 8 heteroatoms. The molecule has 0 aliphatic carbocycles. The summed E-state index contributed by atoms with van der Waals surface area (Å²) in [5.74, 6) is 7.00. The summed E-state index contributed by atoms with van der Waals surface area (Å²) in [4.78, 5) is 33.6. The van der Waals surface area contributed by atoms with Gasteiger partial charge in [0.25, 0.3) is 11.5 Å². The normalized spacial score (nSPS) is 10.2. The summed E-state index contributed by atoms with van der Waals surface area (Å²) in [5.41, 5.74) is 0.641. The highest BCUT2D eigenvalue weighted by Gasteiger charge is 2.11. The number of rotatable bonds is 9. The van der Waals surface area contributed by atoms with Crippen molar-refractivity contribution in [2.45, 2.75) is 32.2 Å². The summed E-state index contributed by atoms with van der Waals surface area (Å²) in [6, 6.07) is 12.2. The van der Waals surface area contributed by atoms with Crippen LogP contribution in [-0.2, 0) is 13.0 Å². The molecule has 0 aliphatic heterocycles. The molecule has 0 saturated heterocycles. The lowest BCUT2D eigenvalue weighted by molar-refractivity contribution is 0.0952. The van der Waals surface area contributed by atoms with Crippen molar-refractivity contribution in [3.8, 4) is 17.7 Å². The number of aromatic nitrogens is 3. The molecule has 2 heterocycles. The van der Waals surface area contributed by atoms with Crippen LogP contribution in [0.15, 0.2) is 59.7 Å². The molecule has 3 aromatic rings. The van der Waals surface area contributed by atoms with Crippen molar-refractivity contribution in [3.63, 3.8) is 0 Å².